The first kappa shape index (κ1) is 18.4. The Labute approximate surface area is 142 Å². The lowest BCUT2D eigenvalue weighted by Crippen LogP contribution is -2.50. The molecule has 0 unspecified atom stereocenters. The average Bonchev–Trinajstić information content (AvgIpc) is 3.10. The van der Waals surface area contributed by atoms with Gasteiger partial charge in [0, 0.05) is 32.7 Å². The molecule has 130 valence electrons. The number of rotatable bonds is 8. The van der Waals surface area contributed by atoms with Gasteiger partial charge in [0.05, 0.1) is 6.54 Å². The zero-order chi connectivity index (χ0) is 16.7. The molecule has 1 N–H and O–H groups in total. The molecule has 1 amide bonds. The second-order valence-electron chi connectivity index (χ2n) is 5.61. The molecule has 0 bridgehead atoms. The first-order valence-corrected chi connectivity index (χ1v) is 10.4. The Bertz CT molecular complexity index is 581. The van der Waals surface area contributed by atoms with E-state index in [0.717, 1.165) is 32.4 Å². The maximum absolute atomic E-state index is 12.8. The molecule has 0 aliphatic carbocycles. The molecule has 0 radical (unpaired) electrons. The minimum atomic E-state index is -3.58. The Morgan fingerprint density at radius 3 is 2.70 bits per heavy atom. The van der Waals surface area contributed by atoms with E-state index in [0.29, 0.717) is 23.8 Å². The molecule has 0 saturated carbocycles. The van der Waals surface area contributed by atoms with E-state index in [-0.39, 0.29) is 12.5 Å². The molecule has 23 heavy (non-hydrogen) atoms. The zero-order valence-corrected chi connectivity index (χ0v) is 15.2. The number of nitrogens with zero attached hydrogens (tertiary/aromatic N) is 2. The van der Waals surface area contributed by atoms with Crippen LogP contribution in [-0.4, -0.2) is 62.8 Å². The van der Waals surface area contributed by atoms with E-state index in [1.807, 2.05) is 0 Å². The minimum absolute atomic E-state index is 0.0655. The van der Waals surface area contributed by atoms with Crippen molar-refractivity contribution in [3.05, 3.63) is 17.5 Å². The molecule has 1 aromatic heterocycles. The number of nitrogens with one attached hydrogen (secondary N) is 1. The molecule has 0 aromatic carbocycles. The quantitative estimate of drug-likeness (QED) is 0.712. The maximum Gasteiger partial charge on any atom is 0.253 e. The fourth-order valence-corrected chi connectivity index (χ4v) is 5.10. The van der Waals surface area contributed by atoms with Gasteiger partial charge in [-0.15, -0.1) is 11.3 Å². The summed E-state index contributed by atoms with van der Waals surface area (Å²) >= 11 is 1.20. The predicted octanol–water partition coefficient (Wildman–Crippen LogP) is 1.36. The summed E-state index contributed by atoms with van der Waals surface area (Å²) in [4.78, 5) is 14.2. The van der Waals surface area contributed by atoms with Crippen molar-refractivity contribution in [1.82, 2.24) is 14.5 Å². The number of piperazine rings is 1. The maximum atomic E-state index is 12.8. The van der Waals surface area contributed by atoms with Gasteiger partial charge in [0.1, 0.15) is 4.21 Å². The van der Waals surface area contributed by atoms with Crippen LogP contribution in [0.5, 0.6) is 0 Å². The lowest BCUT2D eigenvalue weighted by molar-refractivity contribution is -0.131. The number of amides is 1. The van der Waals surface area contributed by atoms with Gasteiger partial charge in [-0.2, -0.15) is 4.31 Å². The van der Waals surface area contributed by atoms with E-state index in [4.69, 9.17) is 0 Å². The highest BCUT2D eigenvalue weighted by Gasteiger charge is 2.29. The van der Waals surface area contributed by atoms with Gasteiger partial charge in [-0.05, 0) is 17.9 Å². The van der Waals surface area contributed by atoms with Crippen molar-refractivity contribution in [2.24, 2.45) is 0 Å². The molecule has 0 atom stereocenters. The van der Waals surface area contributed by atoms with E-state index >= 15 is 0 Å². The normalized spacial score (nSPS) is 16.0. The van der Waals surface area contributed by atoms with Crippen LogP contribution in [0.1, 0.15) is 26.2 Å². The van der Waals surface area contributed by atoms with Gasteiger partial charge < -0.3 is 10.2 Å². The predicted molar refractivity (Wildman–Crippen MR) is 92.1 cm³/mol. The Kier molecular flexibility index (Phi) is 7.01. The lowest BCUT2D eigenvalue weighted by Gasteiger charge is -2.30. The third-order valence-corrected chi connectivity index (χ3v) is 7.10. The lowest BCUT2D eigenvalue weighted by atomic mass is 10.2. The largest absolute Gasteiger partial charge is 0.339 e. The second kappa shape index (κ2) is 8.77. The number of thiophene rings is 1. The van der Waals surface area contributed by atoms with Crippen LogP contribution in [-0.2, 0) is 14.8 Å². The standard InChI is InChI=1S/C15H25N3O3S2/c1-2-3-4-9-18(23(20,21)15-6-5-12-22-15)13-14(19)17-10-7-16-8-11-17/h5-6,12,16H,2-4,7-11,13H2,1H3. The number of unbranched alkanes of at least 4 members (excludes halogenated alkanes) is 2. The fraction of sp³-hybridized carbons (Fsp3) is 0.667. The first-order chi connectivity index (χ1) is 11.1. The topological polar surface area (TPSA) is 69.7 Å². The van der Waals surface area contributed by atoms with E-state index in [1.165, 1.54) is 15.6 Å². The molecular formula is C15H25N3O3S2. The average molecular weight is 360 g/mol. The molecule has 1 saturated heterocycles. The number of carbonyl (C=O) groups is 1. The molecule has 6 nitrogen and oxygen atoms in total. The second-order valence-corrected chi connectivity index (χ2v) is 8.72. The number of carbonyl (C=O) groups excluding carboxylic acids is 1. The summed E-state index contributed by atoms with van der Waals surface area (Å²) in [5, 5.41) is 4.94. The summed E-state index contributed by atoms with van der Waals surface area (Å²) in [5.74, 6) is -0.108. The Morgan fingerprint density at radius 2 is 2.09 bits per heavy atom. The molecule has 2 rings (SSSR count). The van der Waals surface area contributed by atoms with Crippen LogP contribution in [0.3, 0.4) is 0 Å². The van der Waals surface area contributed by atoms with Crippen LogP contribution >= 0.6 is 11.3 Å². The van der Waals surface area contributed by atoms with Gasteiger partial charge in [-0.25, -0.2) is 8.42 Å². The zero-order valence-electron chi connectivity index (χ0n) is 13.5. The van der Waals surface area contributed by atoms with Crippen LogP contribution in [0.15, 0.2) is 21.7 Å². The van der Waals surface area contributed by atoms with Crippen molar-refractivity contribution < 1.29 is 13.2 Å². The van der Waals surface area contributed by atoms with Crippen molar-refractivity contribution in [3.63, 3.8) is 0 Å². The van der Waals surface area contributed by atoms with Crippen LogP contribution in [0.2, 0.25) is 0 Å². The molecule has 1 fully saturated rings. The van der Waals surface area contributed by atoms with Gasteiger partial charge in [0.15, 0.2) is 0 Å². The third-order valence-electron chi connectivity index (χ3n) is 3.88. The van der Waals surface area contributed by atoms with Crippen LogP contribution in [0.4, 0.5) is 0 Å². The molecular weight excluding hydrogens is 334 g/mol. The summed E-state index contributed by atoms with van der Waals surface area (Å²) in [6, 6.07) is 3.32. The Morgan fingerprint density at radius 1 is 1.35 bits per heavy atom. The SMILES string of the molecule is CCCCCN(CC(=O)N1CCNCC1)S(=O)(=O)c1cccs1. The molecule has 1 aliphatic rings. The highest BCUT2D eigenvalue weighted by Crippen LogP contribution is 2.21. The van der Waals surface area contributed by atoms with Gasteiger partial charge in [-0.3, -0.25) is 4.79 Å². The van der Waals surface area contributed by atoms with Crippen LogP contribution in [0, 0.1) is 0 Å². The Balaban J connectivity index is 2.08. The van der Waals surface area contributed by atoms with Gasteiger partial charge in [-0.1, -0.05) is 25.8 Å². The molecule has 2 heterocycles. The fourth-order valence-electron chi connectivity index (χ4n) is 2.52. The van der Waals surface area contributed by atoms with E-state index in [2.05, 4.69) is 12.2 Å². The number of hydrogen-bond acceptors (Lipinski definition) is 5. The van der Waals surface area contributed by atoms with Crippen molar-refractivity contribution in [2.45, 2.75) is 30.4 Å². The summed E-state index contributed by atoms with van der Waals surface area (Å²) < 4.78 is 27.2. The number of sulfonamides is 1. The van der Waals surface area contributed by atoms with Crippen molar-refractivity contribution in [2.75, 3.05) is 39.3 Å². The van der Waals surface area contributed by atoms with Gasteiger partial charge in [0.2, 0.25) is 5.91 Å². The molecule has 1 aromatic rings. The van der Waals surface area contributed by atoms with Crippen molar-refractivity contribution in [1.29, 1.82) is 0 Å². The van der Waals surface area contributed by atoms with Crippen molar-refractivity contribution >= 4 is 27.3 Å². The summed E-state index contributed by atoms with van der Waals surface area (Å²) in [5.41, 5.74) is 0. The van der Waals surface area contributed by atoms with Gasteiger partial charge >= 0.3 is 0 Å². The third kappa shape index (κ3) is 5.00. The van der Waals surface area contributed by atoms with Gasteiger partial charge in [0.25, 0.3) is 10.0 Å². The highest BCUT2D eigenvalue weighted by atomic mass is 32.2. The monoisotopic (exact) mass is 359 g/mol. The van der Waals surface area contributed by atoms with Crippen LogP contribution < -0.4 is 5.32 Å². The van der Waals surface area contributed by atoms with E-state index in [1.54, 1.807) is 22.4 Å². The first-order valence-electron chi connectivity index (χ1n) is 8.08. The minimum Gasteiger partial charge on any atom is -0.339 e. The van der Waals surface area contributed by atoms with E-state index < -0.39 is 10.0 Å². The van der Waals surface area contributed by atoms with E-state index in [9.17, 15) is 13.2 Å². The number of hydrogen-bond donors (Lipinski definition) is 1. The summed E-state index contributed by atoms with van der Waals surface area (Å²) in [7, 11) is -3.58. The smallest absolute Gasteiger partial charge is 0.253 e. The molecule has 1 aliphatic heterocycles. The highest BCUT2D eigenvalue weighted by molar-refractivity contribution is 7.91. The van der Waals surface area contributed by atoms with Crippen LogP contribution in [0.25, 0.3) is 0 Å². The van der Waals surface area contributed by atoms with Crippen molar-refractivity contribution in [3.8, 4) is 0 Å². The Hall–Kier alpha value is -0.960. The summed E-state index contributed by atoms with van der Waals surface area (Å²) in [6.45, 7) is 5.21. The molecule has 0 spiro atoms. The summed E-state index contributed by atoms with van der Waals surface area (Å²) in [6.07, 6.45) is 2.74. The molecule has 8 heteroatoms.